The van der Waals surface area contributed by atoms with Crippen LogP contribution in [-0.2, 0) is 21.3 Å². The number of hydrogen-bond donors (Lipinski definition) is 0. The van der Waals surface area contributed by atoms with Crippen molar-refractivity contribution in [1.82, 2.24) is 9.21 Å². The monoisotopic (exact) mass is 448 g/mol. The molecule has 0 amide bonds. The number of methoxy groups -OCH3 is 1. The van der Waals surface area contributed by atoms with Gasteiger partial charge in [0.2, 0.25) is 10.0 Å². The van der Waals surface area contributed by atoms with Crippen molar-refractivity contribution < 1.29 is 22.3 Å². The van der Waals surface area contributed by atoms with Gasteiger partial charge in [0.1, 0.15) is 16.5 Å². The number of fused-ring (bicyclic) bond motifs is 1. The molecule has 1 saturated heterocycles. The summed E-state index contributed by atoms with van der Waals surface area (Å²) in [5.41, 5.74) is 0.817. The highest BCUT2D eigenvalue weighted by Gasteiger charge is 2.42. The van der Waals surface area contributed by atoms with Gasteiger partial charge in [0, 0.05) is 32.2 Å². The summed E-state index contributed by atoms with van der Waals surface area (Å²) in [6.45, 7) is 3.97. The highest BCUT2D eigenvalue weighted by molar-refractivity contribution is 7.89. The average Bonchev–Trinajstić information content (AvgIpc) is 2.78. The van der Waals surface area contributed by atoms with Crippen molar-refractivity contribution in [3.05, 3.63) is 59.9 Å². The first-order valence-corrected chi connectivity index (χ1v) is 12.0. The zero-order chi connectivity index (χ0) is 21.9. The molecule has 2 aromatic rings. The highest BCUT2D eigenvalue weighted by Crippen LogP contribution is 2.39. The van der Waals surface area contributed by atoms with Crippen LogP contribution in [-0.4, -0.2) is 64.1 Å². The van der Waals surface area contributed by atoms with Gasteiger partial charge >= 0.3 is 0 Å². The van der Waals surface area contributed by atoms with Gasteiger partial charge in [-0.25, -0.2) is 12.8 Å². The van der Waals surface area contributed by atoms with E-state index in [1.54, 1.807) is 35.7 Å². The molecule has 168 valence electrons. The molecule has 6 nitrogen and oxygen atoms in total. The molecule has 8 heteroatoms. The summed E-state index contributed by atoms with van der Waals surface area (Å²) in [5, 5.41) is 0. The van der Waals surface area contributed by atoms with E-state index in [1.165, 1.54) is 12.1 Å². The number of hydrogen-bond acceptors (Lipinski definition) is 5. The number of halogens is 1. The molecule has 0 bridgehead atoms. The molecule has 2 aliphatic heterocycles. The number of benzene rings is 2. The van der Waals surface area contributed by atoms with E-state index in [0.717, 1.165) is 38.0 Å². The number of para-hydroxylation sites is 1. The molecule has 0 saturated carbocycles. The summed E-state index contributed by atoms with van der Waals surface area (Å²) < 4.78 is 52.8. The number of ether oxygens (including phenoxy) is 2. The van der Waals surface area contributed by atoms with E-state index in [2.05, 4.69) is 4.90 Å². The van der Waals surface area contributed by atoms with Gasteiger partial charge < -0.3 is 9.47 Å². The third-order valence-corrected chi connectivity index (χ3v) is 8.18. The zero-order valence-corrected chi connectivity index (χ0v) is 18.6. The van der Waals surface area contributed by atoms with Gasteiger partial charge in [-0.15, -0.1) is 0 Å². The Morgan fingerprint density at radius 3 is 2.52 bits per heavy atom. The molecule has 0 aliphatic carbocycles. The summed E-state index contributed by atoms with van der Waals surface area (Å²) in [6.07, 6.45) is 1.66. The lowest BCUT2D eigenvalue weighted by Gasteiger charge is -2.45. The van der Waals surface area contributed by atoms with Crippen LogP contribution in [0.1, 0.15) is 18.4 Å². The largest absolute Gasteiger partial charge is 0.492 e. The predicted octanol–water partition coefficient (Wildman–Crippen LogP) is 3.14. The van der Waals surface area contributed by atoms with E-state index in [0.29, 0.717) is 32.1 Å². The number of piperidine rings is 1. The van der Waals surface area contributed by atoms with Gasteiger partial charge in [-0.05, 0) is 55.8 Å². The first-order chi connectivity index (χ1) is 14.9. The van der Waals surface area contributed by atoms with Crippen molar-refractivity contribution in [2.75, 3.05) is 46.5 Å². The van der Waals surface area contributed by atoms with Crippen LogP contribution < -0.4 is 4.74 Å². The number of likely N-dealkylation sites (tertiary alicyclic amines) is 1. The second kappa shape index (κ2) is 9.24. The first-order valence-electron chi connectivity index (χ1n) is 10.6. The van der Waals surface area contributed by atoms with E-state index >= 15 is 0 Å². The maximum absolute atomic E-state index is 13.4. The molecule has 4 rings (SSSR count). The molecule has 1 fully saturated rings. The Hall–Kier alpha value is -2.00. The van der Waals surface area contributed by atoms with E-state index < -0.39 is 10.0 Å². The van der Waals surface area contributed by atoms with Gasteiger partial charge in [0.05, 0.1) is 13.2 Å². The molecule has 1 spiro atoms. The Kier molecular flexibility index (Phi) is 6.62. The fourth-order valence-corrected chi connectivity index (χ4v) is 6.05. The molecular weight excluding hydrogens is 419 g/mol. The van der Waals surface area contributed by atoms with Crippen LogP contribution in [0.2, 0.25) is 0 Å². The van der Waals surface area contributed by atoms with Crippen LogP contribution in [0, 0.1) is 11.2 Å². The molecule has 2 heterocycles. The Balaban J connectivity index is 1.52. The number of rotatable bonds is 5. The van der Waals surface area contributed by atoms with Crippen molar-refractivity contribution in [3.8, 4) is 5.75 Å². The van der Waals surface area contributed by atoms with Crippen LogP contribution in [0.4, 0.5) is 4.39 Å². The lowest BCUT2D eigenvalue weighted by atomic mass is 9.78. The Bertz CT molecular complexity index is 989. The molecular formula is C23H29FN2O4S. The van der Waals surface area contributed by atoms with Gasteiger partial charge in [0.25, 0.3) is 0 Å². The Labute approximate surface area is 183 Å². The topological polar surface area (TPSA) is 59.1 Å². The van der Waals surface area contributed by atoms with Crippen molar-refractivity contribution in [2.24, 2.45) is 5.41 Å². The van der Waals surface area contributed by atoms with Crippen molar-refractivity contribution >= 4 is 10.0 Å². The summed E-state index contributed by atoms with van der Waals surface area (Å²) >= 11 is 0. The normalized spacial score (nSPS) is 21.1. The Morgan fingerprint density at radius 1 is 1.10 bits per heavy atom. The maximum Gasteiger partial charge on any atom is 0.246 e. The van der Waals surface area contributed by atoms with Gasteiger partial charge in [0.15, 0.2) is 0 Å². The standard InChI is InChI=1S/C23H29FN2O4S/c1-29-15-14-26-17-23(18-30-21-4-2-3-5-22(21)31(26,27)28)10-12-25(13-11-23)16-19-6-8-20(24)9-7-19/h2-9H,10-18H2,1H3. The van der Waals surface area contributed by atoms with Gasteiger partial charge in [-0.3, -0.25) is 4.90 Å². The van der Waals surface area contributed by atoms with Crippen molar-refractivity contribution in [1.29, 1.82) is 0 Å². The molecule has 0 unspecified atom stereocenters. The minimum absolute atomic E-state index is 0.217. The summed E-state index contributed by atoms with van der Waals surface area (Å²) in [5.74, 6) is 0.184. The minimum atomic E-state index is -3.68. The first kappa shape index (κ1) is 22.2. The quantitative estimate of drug-likeness (QED) is 0.703. The molecule has 2 aliphatic rings. The molecule has 0 radical (unpaired) electrons. The van der Waals surface area contributed by atoms with Crippen LogP contribution >= 0.6 is 0 Å². The smallest absolute Gasteiger partial charge is 0.246 e. The fourth-order valence-electron chi connectivity index (χ4n) is 4.39. The molecule has 2 aromatic carbocycles. The summed E-state index contributed by atoms with van der Waals surface area (Å²) in [6, 6.07) is 13.5. The van der Waals surface area contributed by atoms with Gasteiger partial charge in [-0.2, -0.15) is 4.31 Å². The second-order valence-corrected chi connectivity index (χ2v) is 10.4. The van der Waals surface area contributed by atoms with Crippen LogP contribution in [0.5, 0.6) is 5.75 Å². The van der Waals surface area contributed by atoms with Crippen molar-refractivity contribution in [2.45, 2.75) is 24.3 Å². The molecule has 0 N–H and O–H groups in total. The van der Waals surface area contributed by atoms with Crippen LogP contribution in [0.15, 0.2) is 53.4 Å². The highest BCUT2D eigenvalue weighted by atomic mass is 32.2. The summed E-state index contributed by atoms with van der Waals surface area (Å²) in [4.78, 5) is 2.55. The Morgan fingerprint density at radius 2 is 1.81 bits per heavy atom. The lowest BCUT2D eigenvalue weighted by Crippen LogP contribution is -2.51. The number of sulfonamides is 1. The predicted molar refractivity (Wildman–Crippen MR) is 116 cm³/mol. The van der Waals surface area contributed by atoms with Crippen LogP contribution in [0.3, 0.4) is 0 Å². The van der Waals surface area contributed by atoms with E-state index in [9.17, 15) is 12.8 Å². The lowest BCUT2D eigenvalue weighted by molar-refractivity contribution is 0.0290. The zero-order valence-electron chi connectivity index (χ0n) is 17.8. The number of nitrogens with zero attached hydrogens (tertiary/aromatic N) is 2. The summed E-state index contributed by atoms with van der Waals surface area (Å²) in [7, 11) is -2.10. The van der Waals surface area contributed by atoms with Crippen LogP contribution in [0.25, 0.3) is 0 Å². The van der Waals surface area contributed by atoms with E-state index in [1.807, 2.05) is 12.1 Å². The van der Waals surface area contributed by atoms with E-state index in [-0.39, 0.29) is 16.1 Å². The maximum atomic E-state index is 13.4. The SMILES string of the molecule is COCCN1CC2(CCN(Cc3ccc(F)cc3)CC2)COc2ccccc2S1(=O)=O. The van der Waals surface area contributed by atoms with Gasteiger partial charge in [-0.1, -0.05) is 24.3 Å². The molecule has 0 aromatic heterocycles. The third kappa shape index (κ3) is 4.92. The van der Waals surface area contributed by atoms with Crippen molar-refractivity contribution in [3.63, 3.8) is 0 Å². The minimum Gasteiger partial charge on any atom is -0.492 e. The fraction of sp³-hybridized carbons (Fsp3) is 0.478. The second-order valence-electron chi connectivity index (χ2n) is 8.47. The molecule has 31 heavy (non-hydrogen) atoms. The van der Waals surface area contributed by atoms with E-state index in [4.69, 9.17) is 9.47 Å². The average molecular weight is 449 g/mol. The third-order valence-electron chi connectivity index (χ3n) is 6.29. The molecule has 0 atom stereocenters.